The summed E-state index contributed by atoms with van der Waals surface area (Å²) in [5, 5.41) is 6.92. The first-order valence-electron chi connectivity index (χ1n) is 9.03. The largest absolute Gasteiger partial charge is 0.351 e. The zero-order chi connectivity index (χ0) is 19.5. The number of Topliss-reactive ketones (excluding diaryl/α,β-unsaturated/α-hetero) is 1. The lowest BCUT2D eigenvalue weighted by atomic mass is 9.90. The molecule has 28 heavy (non-hydrogen) atoms. The van der Waals surface area contributed by atoms with E-state index in [9.17, 15) is 4.79 Å². The second-order valence-electron chi connectivity index (χ2n) is 6.58. The van der Waals surface area contributed by atoms with Gasteiger partial charge in [-0.2, -0.15) is 0 Å². The Hall–Kier alpha value is -3.31. The van der Waals surface area contributed by atoms with Crippen LogP contribution in [0.5, 0.6) is 0 Å². The first kappa shape index (κ1) is 18.1. The normalized spacial score (nSPS) is 16.3. The summed E-state index contributed by atoms with van der Waals surface area (Å²) < 4.78 is 0. The molecular weight excluding hydrogens is 366 g/mol. The molecule has 1 aliphatic rings. The lowest BCUT2D eigenvalue weighted by Crippen LogP contribution is -2.44. The molecule has 138 valence electrons. The van der Waals surface area contributed by atoms with Gasteiger partial charge in [0.05, 0.1) is 17.4 Å². The predicted octanol–water partition coefficient (Wildman–Crippen LogP) is 4.27. The Morgan fingerprint density at radius 1 is 0.929 bits per heavy atom. The molecule has 5 heteroatoms. The summed E-state index contributed by atoms with van der Waals surface area (Å²) in [4.78, 5) is 17.0. The third-order valence-corrected chi connectivity index (χ3v) is 4.94. The molecule has 2 aromatic carbocycles. The van der Waals surface area contributed by atoms with Crippen molar-refractivity contribution in [3.63, 3.8) is 0 Å². The fraction of sp³-hybridized carbons (Fsp3) is 0.0870. The number of hydrogen-bond donors (Lipinski definition) is 2. The molecule has 0 radical (unpaired) electrons. The van der Waals surface area contributed by atoms with Gasteiger partial charge in [0.2, 0.25) is 0 Å². The molecule has 3 aromatic rings. The van der Waals surface area contributed by atoms with Crippen LogP contribution in [0.1, 0.15) is 24.1 Å². The molecule has 2 N–H and O–H groups in total. The predicted molar refractivity (Wildman–Crippen MR) is 115 cm³/mol. The molecule has 1 unspecified atom stereocenters. The minimum absolute atomic E-state index is 0.000144. The zero-order valence-electron chi connectivity index (χ0n) is 15.3. The van der Waals surface area contributed by atoms with Gasteiger partial charge in [-0.1, -0.05) is 60.7 Å². The van der Waals surface area contributed by atoms with Gasteiger partial charge in [0.25, 0.3) is 0 Å². The monoisotopic (exact) mass is 385 g/mol. The van der Waals surface area contributed by atoms with Crippen molar-refractivity contribution in [2.75, 3.05) is 0 Å². The summed E-state index contributed by atoms with van der Waals surface area (Å²) in [5.74, 6) is 0.000144. The molecule has 4 rings (SSSR count). The lowest BCUT2D eigenvalue weighted by molar-refractivity contribution is -0.113. The number of nitrogens with zero attached hydrogens (tertiary/aromatic N) is 1. The first-order chi connectivity index (χ1) is 13.6. The summed E-state index contributed by atoms with van der Waals surface area (Å²) in [6, 6.07) is 23.4. The maximum atomic E-state index is 12.6. The quantitative estimate of drug-likeness (QED) is 0.657. The van der Waals surface area contributed by atoms with Crippen LogP contribution in [0, 0.1) is 0 Å². The Kier molecular flexibility index (Phi) is 5.00. The van der Waals surface area contributed by atoms with Gasteiger partial charge in [0.15, 0.2) is 10.9 Å². The van der Waals surface area contributed by atoms with Crippen LogP contribution in [-0.4, -0.2) is 15.9 Å². The fourth-order valence-corrected chi connectivity index (χ4v) is 3.63. The van der Waals surface area contributed by atoms with Gasteiger partial charge in [0.1, 0.15) is 0 Å². The molecule has 0 spiro atoms. The number of benzene rings is 2. The fourth-order valence-electron chi connectivity index (χ4n) is 3.41. The third kappa shape index (κ3) is 3.57. The number of aromatic nitrogens is 1. The first-order valence-corrected chi connectivity index (χ1v) is 9.44. The second kappa shape index (κ2) is 7.74. The van der Waals surface area contributed by atoms with E-state index in [0.717, 1.165) is 28.1 Å². The van der Waals surface area contributed by atoms with Crippen molar-refractivity contribution < 1.29 is 4.79 Å². The molecule has 2 heterocycles. The smallest absolute Gasteiger partial charge is 0.171 e. The van der Waals surface area contributed by atoms with Gasteiger partial charge in [-0.15, -0.1) is 0 Å². The topological polar surface area (TPSA) is 54.0 Å². The van der Waals surface area contributed by atoms with E-state index in [0.29, 0.717) is 10.7 Å². The van der Waals surface area contributed by atoms with Gasteiger partial charge in [0, 0.05) is 17.3 Å². The Bertz CT molecular complexity index is 1040. The third-order valence-electron chi connectivity index (χ3n) is 4.72. The molecule has 0 aliphatic carbocycles. The van der Waals surface area contributed by atoms with Gasteiger partial charge < -0.3 is 10.6 Å². The molecule has 1 aliphatic heterocycles. The van der Waals surface area contributed by atoms with Crippen molar-refractivity contribution in [3.8, 4) is 11.3 Å². The van der Waals surface area contributed by atoms with Crippen molar-refractivity contribution in [1.29, 1.82) is 0 Å². The summed E-state index contributed by atoms with van der Waals surface area (Å²) in [7, 11) is 0. The molecule has 0 bridgehead atoms. The molecule has 1 aromatic heterocycles. The Balaban J connectivity index is 1.77. The van der Waals surface area contributed by atoms with Crippen molar-refractivity contribution in [1.82, 2.24) is 15.6 Å². The molecule has 1 atom stereocenters. The van der Waals surface area contributed by atoms with Crippen LogP contribution < -0.4 is 10.6 Å². The van der Waals surface area contributed by atoms with E-state index in [4.69, 9.17) is 12.2 Å². The molecule has 0 amide bonds. The molecule has 4 nitrogen and oxygen atoms in total. The lowest BCUT2D eigenvalue weighted by Gasteiger charge is -2.31. The number of hydrogen-bond acceptors (Lipinski definition) is 3. The van der Waals surface area contributed by atoms with Crippen molar-refractivity contribution in [3.05, 3.63) is 95.7 Å². The summed E-state index contributed by atoms with van der Waals surface area (Å²) >= 11 is 5.42. The average Bonchev–Trinajstić information content (AvgIpc) is 2.74. The van der Waals surface area contributed by atoms with E-state index < -0.39 is 0 Å². The van der Waals surface area contributed by atoms with E-state index in [1.807, 2.05) is 72.8 Å². The molecule has 0 saturated heterocycles. The van der Waals surface area contributed by atoms with Crippen LogP contribution >= 0.6 is 12.2 Å². The second-order valence-corrected chi connectivity index (χ2v) is 6.99. The minimum Gasteiger partial charge on any atom is -0.351 e. The minimum atomic E-state index is -0.306. The number of pyridine rings is 1. The number of nitrogens with one attached hydrogen (secondary N) is 2. The summed E-state index contributed by atoms with van der Waals surface area (Å²) in [6.07, 6.45) is 1.78. The van der Waals surface area contributed by atoms with Crippen molar-refractivity contribution >= 4 is 28.8 Å². The maximum Gasteiger partial charge on any atom is 0.171 e. The van der Waals surface area contributed by atoms with E-state index in [-0.39, 0.29) is 11.8 Å². The van der Waals surface area contributed by atoms with Gasteiger partial charge in [-0.25, -0.2) is 0 Å². The van der Waals surface area contributed by atoms with Crippen molar-refractivity contribution in [2.24, 2.45) is 0 Å². The Morgan fingerprint density at radius 2 is 1.64 bits per heavy atom. The Labute approximate surface area is 169 Å². The number of carbonyl (C=O) groups is 1. The number of ketones is 1. The van der Waals surface area contributed by atoms with Gasteiger partial charge in [-0.3, -0.25) is 9.78 Å². The SMILES string of the molecule is CC(=O)C1=C(c2ccccc2)NC(=S)NC1c1ccc(-c2ccccn2)cc1. The van der Waals surface area contributed by atoms with Gasteiger partial charge >= 0.3 is 0 Å². The van der Waals surface area contributed by atoms with Crippen LogP contribution in [0.3, 0.4) is 0 Å². The van der Waals surface area contributed by atoms with Crippen LogP contribution in [0.15, 0.2) is 84.6 Å². The highest BCUT2D eigenvalue weighted by atomic mass is 32.1. The molecule has 0 saturated carbocycles. The summed E-state index contributed by atoms with van der Waals surface area (Å²) in [5.41, 5.74) is 5.28. The molecular formula is C23H19N3OS. The van der Waals surface area contributed by atoms with E-state index in [1.54, 1.807) is 13.1 Å². The van der Waals surface area contributed by atoms with Crippen LogP contribution in [0.2, 0.25) is 0 Å². The van der Waals surface area contributed by atoms with Crippen LogP contribution in [0.4, 0.5) is 0 Å². The zero-order valence-corrected chi connectivity index (χ0v) is 16.2. The average molecular weight is 385 g/mol. The highest BCUT2D eigenvalue weighted by Gasteiger charge is 2.30. The number of carbonyl (C=O) groups excluding carboxylic acids is 1. The van der Waals surface area contributed by atoms with E-state index in [2.05, 4.69) is 15.6 Å². The van der Waals surface area contributed by atoms with Gasteiger partial charge in [-0.05, 0) is 42.4 Å². The van der Waals surface area contributed by atoms with E-state index >= 15 is 0 Å². The van der Waals surface area contributed by atoms with Crippen LogP contribution in [-0.2, 0) is 4.79 Å². The highest BCUT2D eigenvalue weighted by Crippen LogP contribution is 2.32. The number of rotatable bonds is 4. The maximum absolute atomic E-state index is 12.6. The van der Waals surface area contributed by atoms with Crippen LogP contribution in [0.25, 0.3) is 17.0 Å². The standard InChI is InChI=1S/C23H19N3OS/c1-15(27)20-21(17-7-3-2-4-8-17)25-23(28)26-22(20)18-12-10-16(11-13-18)19-9-5-6-14-24-19/h2-14,22H,1H3,(H2,25,26,28). The summed E-state index contributed by atoms with van der Waals surface area (Å²) in [6.45, 7) is 1.59. The number of thiocarbonyl (C=S) groups is 1. The Morgan fingerprint density at radius 3 is 2.29 bits per heavy atom. The van der Waals surface area contributed by atoms with E-state index in [1.165, 1.54) is 0 Å². The molecule has 0 fully saturated rings. The van der Waals surface area contributed by atoms with Crippen molar-refractivity contribution in [2.45, 2.75) is 13.0 Å². The highest BCUT2D eigenvalue weighted by molar-refractivity contribution is 7.80.